The Morgan fingerprint density at radius 2 is 2.00 bits per heavy atom. The maximum Gasteiger partial charge on any atom is 0.223 e. The van der Waals surface area contributed by atoms with E-state index >= 15 is 0 Å². The second kappa shape index (κ2) is 11.4. The standard InChI is InChI=1S/C20H32N4O.HI/c1-5-16-15-24(14-12-18(16)17-9-7-6-8-10-17)20(21-2)22-13-11-19(25)23(3)4;/h6-10,16,18H,5,11-15H2,1-4H3,(H,21,22);1H. The zero-order valence-corrected chi connectivity index (χ0v) is 18.8. The first-order valence-corrected chi connectivity index (χ1v) is 9.27. The van der Waals surface area contributed by atoms with Crippen molar-refractivity contribution in [3.63, 3.8) is 0 Å². The number of guanidine groups is 1. The fourth-order valence-electron chi connectivity index (χ4n) is 3.61. The third-order valence-electron chi connectivity index (χ3n) is 5.12. The van der Waals surface area contributed by atoms with E-state index in [-0.39, 0.29) is 29.9 Å². The molecule has 0 aromatic heterocycles. The van der Waals surface area contributed by atoms with Gasteiger partial charge in [0.1, 0.15) is 0 Å². The van der Waals surface area contributed by atoms with Gasteiger partial charge in [0.05, 0.1) is 0 Å². The normalized spacial score (nSPS) is 20.3. The SMILES string of the molecule is CCC1CN(C(=NC)NCCC(=O)N(C)C)CCC1c1ccccc1.I. The van der Waals surface area contributed by atoms with Crippen LogP contribution in [-0.4, -0.2) is 62.4 Å². The van der Waals surface area contributed by atoms with Crippen LogP contribution in [0.1, 0.15) is 37.7 Å². The Labute approximate surface area is 175 Å². The van der Waals surface area contributed by atoms with Crippen LogP contribution in [0.15, 0.2) is 35.3 Å². The average Bonchev–Trinajstić information content (AvgIpc) is 2.65. The van der Waals surface area contributed by atoms with Crippen molar-refractivity contribution in [1.29, 1.82) is 0 Å². The number of piperidine rings is 1. The molecule has 146 valence electrons. The first-order valence-electron chi connectivity index (χ1n) is 9.27. The topological polar surface area (TPSA) is 47.9 Å². The summed E-state index contributed by atoms with van der Waals surface area (Å²) in [6.07, 6.45) is 2.79. The van der Waals surface area contributed by atoms with Crippen LogP contribution >= 0.6 is 24.0 Å². The molecule has 2 atom stereocenters. The van der Waals surface area contributed by atoms with E-state index in [1.165, 1.54) is 5.56 Å². The van der Waals surface area contributed by atoms with E-state index in [1.54, 1.807) is 19.0 Å². The number of amides is 1. The van der Waals surface area contributed by atoms with Crippen molar-refractivity contribution in [3.05, 3.63) is 35.9 Å². The number of nitrogens with zero attached hydrogens (tertiary/aromatic N) is 3. The summed E-state index contributed by atoms with van der Waals surface area (Å²) >= 11 is 0. The van der Waals surface area contributed by atoms with Crippen LogP contribution in [0, 0.1) is 5.92 Å². The van der Waals surface area contributed by atoms with Gasteiger partial charge in [0.25, 0.3) is 0 Å². The largest absolute Gasteiger partial charge is 0.356 e. The molecular weight excluding hydrogens is 439 g/mol. The average molecular weight is 472 g/mol. The van der Waals surface area contributed by atoms with Gasteiger partial charge in [-0.25, -0.2) is 0 Å². The molecule has 1 N–H and O–H groups in total. The van der Waals surface area contributed by atoms with E-state index in [0.717, 1.165) is 31.9 Å². The molecule has 1 aliphatic heterocycles. The van der Waals surface area contributed by atoms with E-state index in [9.17, 15) is 4.79 Å². The van der Waals surface area contributed by atoms with Gasteiger partial charge in [0, 0.05) is 47.2 Å². The van der Waals surface area contributed by atoms with Gasteiger partial charge < -0.3 is 15.1 Å². The molecule has 1 saturated heterocycles. The molecule has 2 rings (SSSR count). The number of nitrogens with one attached hydrogen (secondary N) is 1. The lowest BCUT2D eigenvalue weighted by Gasteiger charge is -2.40. The predicted octanol–water partition coefficient (Wildman–Crippen LogP) is 3.17. The molecule has 1 heterocycles. The fourth-order valence-corrected chi connectivity index (χ4v) is 3.61. The molecule has 2 unspecified atom stereocenters. The molecule has 26 heavy (non-hydrogen) atoms. The van der Waals surface area contributed by atoms with E-state index in [4.69, 9.17) is 0 Å². The summed E-state index contributed by atoms with van der Waals surface area (Å²) in [6, 6.07) is 10.9. The number of benzene rings is 1. The van der Waals surface area contributed by atoms with Gasteiger partial charge in [-0.05, 0) is 23.8 Å². The lowest BCUT2D eigenvalue weighted by Crippen LogP contribution is -2.49. The molecule has 1 aromatic carbocycles. The van der Waals surface area contributed by atoms with Crippen molar-refractivity contribution in [3.8, 4) is 0 Å². The Morgan fingerprint density at radius 3 is 2.58 bits per heavy atom. The van der Waals surface area contributed by atoms with Gasteiger partial charge >= 0.3 is 0 Å². The molecule has 1 aliphatic rings. The minimum atomic E-state index is 0. The number of rotatable bonds is 5. The Balaban J connectivity index is 0.00000338. The molecule has 0 radical (unpaired) electrons. The van der Waals surface area contributed by atoms with Gasteiger partial charge in [-0.2, -0.15) is 0 Å². The lowest BCUT2D eigenvalue weighted by molar-refractivity contribution is -0.128. The van der Waals surface area contributed by atoms with Crippen molar-refractivity contribution in [2.24, 2.45) is 10.9 Å². The van der Waals surface area contributed by atoms with E-state index in [0.29, 0.717) is 24.8 Å². The summed E-state index contributed by atoms with van der Waals surface area (Å²) in [5.41, 5.74) is 1.45. The highest BCUT2D eigenvalue weighted by Crippen LogP contribution is 2.34. The van der Waals surface area contributed by atoms with E-state index in [1.807, 2.05) is 7.05 Å². The van der Waals surface area contributed by atoms with E-state index in [2.05, 4.69) is 52.5 Å². The molecule has 1 amide bonds. The Bertz CT molecular complexity index is 576. The number of carbonyl (C=O) groups is 1. The Hall–Kier alpha value is -1.31. The van der Waals surface area contributed by atoms with E-state index < -0.39 is 0 Å². The molecule has 1 fully saturated rings. The number of halogens is 1. The van der Waals surface area contributed by atoms with Crippen LogP contribution in [0.5, 0.6) is 0 Å². The van der Waals surface area contributed by atoms with Crippen LogP contribution in [0.4, 0.5) is 0 Å². The number of likely N-dealkylation sites (tertiary alicyclic amines) is 1. The molecule has 1 aromatic rings. The number of carbonyl (C=O) groups excluding carboxylic acids is 1. The summed E-state index contributed by atoms with van der Waals surface area (Å²) < 4.78 is 0. The predicted molar refractivity (Wildman–Crippen MR) is 119 cm³/mol. The van der Waals surface area contributed by atoms with Gasteiger partial charge in [-0.15, -0.1) is 24.0 Å². The Morgan fingerprint density at radius 1 is 1.31 bits per heavy atom. The highest BCUT2D eigenvalue weighted by Gasteiger charge is 2.30. The van der Waals surface area contributed by atoms with Gasteiger partial charge in [-0.1, -0.05) is 43.7 Å². The smallest absolute Gasteiger partial charge is 0.223 e. The molecule has 0 spiro atoms. The van der Waals surface area contributed by atoms with Crippen LogP contribution in [0.3, 0.4) is 0 Å². The Kier molecular flexibility index (Phi) is 9.98. The van der Waals surface area contributed by atoms with Crippen molar-refractivity contribution in [2.45, 2.75) is 32.1 Å². The molecule has 6 heteroatoms. The molecule has 5 nitrogen and oxygen atoms in total. The minimum Gasteiger partial charge on any atom is -0.356 e. The second-order valence-electron chi connectivity index (χ2n) is 6.93. The van der Waals surface area contributed by atoms with Crippen molar-refractivity contribution in [2.75, 3.05) is 40.8 Å². The quantitative estimate of drug-likeness (QED) is 0.407. The van der Waals surface area contributed by atoms with Crippen molar-refractivity contribution >= 4 is 35.8 Å². The van der Waals surface area contributed by atoms with Crippen molar-refractivity contribution in [1.82, 2.24) is 15.1 Å². The summed E-state index contributed by atoms with van der Waals surface area (Å²) in [7, 11) is 5.40. The molecule has 0 aliphatic carbocycles. The number of hydrogen-bond acceptors (Lipinski definition) is 2. The first-order chi connectivity index (χ1) is 12.1. The van der Waals surface area contributed by atoms with Gasteiger partial charge in [0.2, 0.25) is 5.91 Å². The van der Waals surface area contributed by atoms with Crippen molar-refractivity contribution < 1.29 is 4.79 Å². The second-order valence-corrected chi connectivity index (χ2v) is 6.93. The zero-order chi connectivity index (χ0) is 18.2. The number of hydrogen-bond donors (Lipinski definition) is 1. The summed E-state index contributed by atoms with van der Waals surface area (Å²) in [4.78, 5) is 20.1. The van der Waals surface area contributed by atoms with Gasteiger partial charge in [-0.3, -0.25) is 9.79 Å². The maximum absolute atomic E-state index is 11.7. The third-order valence-corrected chi connectivity index (χ3v) is 5.12. The highest BCUT2D eigenvalue weighted by molar-refractivity contribution is 14.0. The monoisotopic (exact) mass is 472 g/mol. The number of aliphatic imine (C=N–C) groups is 1. The van der Waals surface area contributed by atoms with Crippen LogP contribution in [-0.2, 0) is 4.79 Å². The summed E-state index contributed by atoms with van der Waals surface area (Å²) in [6.45, 7) is 4.91. The molecule has 0 saturated carbocycles. The lowest BCUT2D eigenvalue weighted by atomic mass is 9.79. The van der Waals surface area contributed by atoms with Gasteiger partial charge in [0.15, 0.2) is 5.96 Å². The maximum atomic E-state index is 11.7. The van der Waals surface area contributed by atoms with Crippen LogP contribution in [0.2, 0.25) is 0 Å². The summed E-state index contributed by atoms with van der Waals surface area (Å²) in [5.74, 6) is 2.29. The fraction of sp³-hybridized carbons (Fsp3) is 0.600. The third kappa shape index (κ3) is 6.14. The molecular formula is C20H33IN4O. The summed E-state index contributed by atoms with van der Waals surface area (Å²) in [5, 5.41) is 3.35. The van der Waals surface area contributed by atoms with Crippen LogP contribution < -0.4 is 5.32 Å². The zero-order valence-electron chi connectivity index (χ0n) is 16.4. The molecule has 0 bridgehead atoms. The highest BCUT2D eigenvalue weighted by atomic mass is 127. The minimum absolute atomic E-state index is 0. The van der Waals surface area contributed by atoms with Crippen LogP contribution in [0.25, 0.3) is 0 Å². The first kappa shape index (κ1) is 22.7.